The summed E-state index contributed by atoms with van der Waals surface area (Å²) >= 11 is 7.30. The summed E-state index contributed by atoms with van der Waals surface area (Å²) in [6.45, 7) is 0. The van der Waals surface area contributed by atoms with Gasteiger partial charge in [0.05, 0.1) is 10.4 Å². The van der Waals surface area contributed by atoms with Gasteiger partial charge in [-0.05, 0) is 36.4 Å². The molecule has 0 atom stereocenters. The molecule has 4 nitrogen and oxygen atoms in total. The van der Waals surface area contributed by atoms with Crippen molar-refractivity contribution >= 4 is 40.3 Å². The lowest BCUT2D eigenvalue weighted by Crippen LogP contribution is -2.12. The maximum atomic E-state index is 11.6. The fourth-order valence-electron chi connectivity index (χ4n) is 1.89. The second-order valence-corrected chi connectivity index (χ2v) is 5.67. The molecule has 6 heteroatoms. The predicted octanol–water partition coefficient (Wildman–Crippen LogP) is 3.47. The van der Waals surface area contributed by atoms with Crippen molar-refractivity contribution in [3.8, 4) is 0 Å². The molecule has 1 amide bonds. The van der Waals surface area contributed by atoms with E-state index in [1.54, 1.807) is 24.4 Å². The molecule has 0 saturated heterocycles. The SMILES string of the molecule is NC(=O)c1[nH]c2cccnc2c1Sc1ccc(Cl)cc1. The van der Waals surface area contributed by atoms with Crippen molar-refractivity contribution in [2.75, 3.05) is 0 Å². The number of rotatable bonds is 3. The zero-order valence-corrected chi connectivity index (χ0v) is 11.8. The fourth-order valence-corrected chi connectivity index (χ4v) is 3.04. The molecule has 0 aliphatic heterocycles. The lowest BCUT2D eigenvalue weighted by molar-refractivity contribution is 0.0993. The molecule has 2 aromatic heterocycles. The number of nitrogens with two attached hydrogens (primary N) is 1. The van der Waals surface area contributed by atoms with E-state index in [1.807, 2.05) is 18.2 Å². The molecule has 0 aliphatic carbocycles. The molecule has 0 saturated carbocycles. The Hall–Kier alpha value is -1.98. The van der Waals surface area contributed by atoms with Crippen LogP contribution < -0.4 is 5.73 Å². The number of nitrogens with zero attached hydrogens (tertiary/aromatic N) is 1. The summed E-state index contributed by atoms with van der Waals surface area (Å²) in [5.74, 6) is -0.500. The Morgan fingerprint density at radius 2 is 2.00 bits per heavy atom. The molecular weight excluding hydrogens is 294 g/mol. The number of halogens is 1. The van der Waals surface area contributed by atoms with E-state index >= 15 is 0 Å². The molecule has 3 rings (SSSR count). The van der Waals surface area contributed by atoms with Crippen molar-refractivity contribution in [1.82, 2.24) is 9.97 Å². The normalized spacial score (nSPS) is 10.8. The molecule has 2 heterocycles. The second-order valence-electron chi connectivity index (χ2n) is 4.15. The molecule has 0 bridgehead atoms. The topological polar surface area (TPSA) is 71.8 Å². The number of H-pyrrole nitrogens is 1. The second kappa shape index (κ2) is 5.19. The molecule has 0 spiro atoms. The molecule has 100 valence electrons. The van der Waals surface area contributed by atoms with Crippen molar-refractivity contribution in [1.29, 1.82) is 0 Å². The summed E-state index contributed by atoms with van der Waals surface area (Å²) < 4.78 is 0. The predicted molar refractivity (Wildman–Crippen MR) is 80.2 cm³/mol. The maximum absolute atomic E-state index is 11.6. The highest BCUT2D eigenvalue weighted by Gasteiger charge is 2.17. The highest BCUT2D eigenvalue weighted by molar-refractivity contribution is 7.99. The average Bonchev–Trinajstić information content (AvgIpc) is 2.81. The average molecular weight is 304 g/mol. The third-order valence-electron chi connectivity index (χ3n) is 2.79. The lowest BCUT2D eigenvalue weighted by atomic mass is 10.3. The minimum atomic E-state index is -0.500. The molecule has 3 aromatic rings. The fraction of sp³-hybridized carbons (Fsp3) is 0. The van der Waals surface area contributed by atoms with Gasteiger partial charge < -0.3 is 10.7 Å². The number of benzene rings is 1. The number of nitrogens with one attached hydrogen (secondary N) is 1. The van der Waals surface area contributed by atoms with E-state index in [1.165, 1.54) is 11.8 Å². The van der Waals surface area contributed by atoms with Gasteiger partial charge in [0, 0.05) is 16.1 Å². The Labute approximate surface area is 124 Å². The zero-order chi connectivity index (χ0) is 14.1. The molecular formula is C14H10ClN3OS. The van der Waals surface area contributed by atoms with Crippen LogP contribution >= 0.6 is 23.4 Å². The monoisotopic (exact) mass is 303 g/mol. The van der Waals surface area contributed by atoms with Crippen LogP contribution in [-0.2, 0) is 0 Å². The molecule has 20 heavy (non-hydrogen) atoms. The van der Waals surface area contributed by atoms with E-state index in [-0.39, 0.29) is 0 Å². The first-order valence-corrected chi connectivity index (χ1v) is 7.04. The van der Waals surface area contributed by atoms with E-state index in [4.69, 9.17) is 17.3 Å². The van der Waals surface area contributed by atoms with Crippen LogP contribution in [0.15, 0.2) is 52.4 Å². The van der Waals surface area contributed by atoms with Crippen LogP contribution in [0.3, 0.4) is 0 Å². The number of hydrogen-bond donors (Lipinski definition) is 2. The van der Waals surface area contributed by atoms with Crippen LogP contribution in [0.5, 0.6) is 0 Å². The molecule has 0 aliphatic rings. The molecule has 1 aromatic carbocycles. The molecule has 3 N–H and O–H groups in total. The van der Waals surface area contributed by atoms with Crippen molar-refractivity contribution in [3.05, 3.63) is 53.3 Å². The van der Waals surface area contributed by atoms with Crippen LogP contribution in [0.25, 0.3) is 11.0 Å². The summed E-state index contributed by atoms with van der Waals surface area (Å²) in [4.78, 5) is 20.6. The number of aromatic amines is 1. The van der Waals surface area contributed by atoms with Gasteiger partial charge in [-0.15, -0.1) is 0 Å². The van der Waals surface area contributed by atoms with Gasteiger partial charge in [-0.3, -0.25) is 9.78 Å². The number of carbonyl (C=O) groups is 1. The summed E-state index contributed by atoms with van der Waals surface area (Å²) in [5, 5.41) is 0.668. The van der Waals surface area contributed by atoms with Crippen molar-refractivity contribution < 1.29 is 4.79 Å². The zero-order valence-electron chi connectivity index (χ0n) is 10.3. The van der Waals surface area contributed by atoms with Crippen molar-refractivity contribution in [3.63, 3.8) is 0 Å². The van der Waals surface area contributed by atoms with Gasteiger partial charge in [-0.25, -0.2) is 0 Å². The number of carbonyl (C=O) groups excluding carboxylic acids is 1. The first kappa shape index (κ1) is 13.0. The molecule has 0 unspecified atom stereocenters. The van der Waals surface area contributed by atoms with E-state index in [0.717, 1.165) is 20.8 Å². The highest BCUT2D eigenvalue weighted by Crippen LogP contribution is 2.35. The smallest absolute Gasteiger partial charge is 0.266 e. The van der Waals surface area contributed by atoms with E-state index < -0.39 is 5.91 Å². The Morgan fingerprint density at radius 3 is 2.70 bits per heavy atom. The minimum Gasteiger partial charge on any atom is -0.364 e. The van der Waals surface area contributed by atoms with Crippen LogP contribution in [0.4, 0.5) is 0 Å². The van der Waals surface area contributed by atoms with Gasteiger partial charge in [-0.1, -0.05) is 23.4 Å². The largest absolute Gasteiger partial charge is 0.364 e. The van der Waals surface area contributed by atoms with E-state index in [0.29, 0.717) is 10.7 Å². The van der Waals surface area contributed by atoms with E-state index in [9.17, 15) is 4.79 Å². The van der Waals surface area contributed by atoms with Crippen LogP contribution in [0, 0.1) is 0 Å². The van der Waals surface area contributed by atoms with Crippen LogP contribution in [0.1, 0.15) is 10.5 Å². The number of aromatic nitrogens is 2. The van der Waals surface area contributed by atoms with E-state index in [2.05, 4.69) is 9.97 Å². The first-order chi connectivity index (χ1) is 9.65. The van der Waals surface area contributed by atoms with Crippen LogP contribution in [0.2, 0.25) is 5.02 Å². The summed E-state index contributed by atoms with van der Waals surface area (Å²) in [6.07, 6.45) is 1.69. The van der Waals surface area contributed by atoms with Gasteiger partial charge >= 0.3 is 0 Å². The first-order valence-electron chi connectivity index (χ1n) is 5.85. The molecule has 0 fully saturated rings. The third-order valence-corrected chi connectivity index (χ3v) is 4.15. The third kappa shape index (κ3) is 2.37. The lowest BCUT2D eigenvalue weighted by Gasteiger charge is -2.02. The van der Waals surface area contributed by atoms with Crippen LogP contribution in [-0.4, -0.2) is 15.9 Å². The Bertz CT molecular complexity index is 783. The Morgan fingerprint density at radius 1 is 1.25 bits per heavy atom. The van der Waals surface area contributed by atoms with Gasteiger partial charge in [0.2, 0.25) is 0 Å². The number of pyridine rings is 1. The van der Waals surface area contributed by atoms with Crippen molar-refractivity contribution in [2.24, 2.45) is 5.73 Å². The highest BCUT2D eigenvalue weighted by atomic mass is 35.5. The molecule has 0 radical (unpaired) electrons. The van der Waals surface area contributed by atoms with Gasteiger partial charge in [0.1, 0.15) is 11.2 Å². The Kier molecular flexibility index (Phi) is 3.38. The van der Waals surface area contributed by atoms with Crippen molar-refractivity contribution in [2.45, 2.75) is 9.79 Å². The quantitative estimate of drug-likeness (QED) is 0.778. The number of fused-ring (bicyclic) bond motifs is 1. The maximum Gasteiger partial charge on any atom is 0.266 e. The Balaban J connectivity index is 2.11. The number of hydrogen-bond acceptors (Lipinski definition) is 3. The standard InChI is InChI=1S/C14H10ClN3OS/c15-8-3-5-9(6-4-8)20-13-11-10(2-1-7-17-11)18-12(13)14(16)19/h1-7,18H,(H2,16,19). The van der Waals surface area contributed by atoms with Gasteiger partial charge in [0.25, 0.3) is 5.91 Å². The minimum absolute atomic E-state index is 0.374. The summed E-state index contributed by atoms with van der Waals surface area (Å²) in [6, 6.07) is 11.0. The summed E-state index contributed by atoms with van der Waals surface area (Å²) in [7, 11) is 0. The number of primary amides is 1. The van der Waals surface area contributed by atoms with Gasteiger partial charge in [-0.2, -0.15) is 0 Å². The van der Waals surface area contributed by atoms with Gasteiger partial charge in [0.15, 0.2) is 0 Å². The summed E-state index contributed by atoms with van der Waals surface area (Å²) in [5.41, 5.74) is 7.32. The number of amides is 1.